The van der Waals surface area contributed by atoms with E-state index in [4.69, 9.17) is 0 Å². The molecule has 0 aliphatic heterocycles. The average Bonchev–Trinajstić information content (AvgIpc) is 2.81. The highest BCUT2D eigenvalue weighted by Gasteiger charge is 2.08. The summed E-state index contributed by atoms with van der Waals surface area (Å²) in [7, 11) is 1.89. The summed E-state index contributed by atoms with van der Waals surface area (Å²) in [6.45, 7) is 2.10. The Bertz CT molecular complexity index is 703. The summed E-state index contributed by atoms with van der Waals surface area (Å²) in [5, 5.41) is 6.22. The molecule has 0 aliphatic rings. The van der Waals surface area contributed by atoms with Gasteiger partial charge in [0.2, 0.25) is 0 Å². The van der Waals surface area contributed by atoms with E-state index in [0.717, 1.165) is 21.8 Å². The van der Waals surface area contributed by atoms with Crippen LogP contribution in [0.4, 0.5) is 0 Å². The molecule has 2 aromatic heterocycles. The Morgan fingerprint density at radius 1 is 1.16 bits per heavy atom. The molecule has 3 rings (SSSR count). The molecule has 0 spiro atoms. The Kier molecular flexibility index (Phi) is 3.21. The van der Waals surface area contributed by atoms with Crippen molar-refractivity contribution in [3.05, 3.63) is 47.9 Å². The average molecular weight is 270 g/mol. The fourth-order valence-corrected chi connectivity index (χ4v) is 2.81. The van der Waals surface area contributed by atoms with Crippen molar-refractivity contribution in [1.29, 1.82) is 0 Å². The predicted molar refractivity (Wildman–Crippen MR) is 77.0 cm³/mol. The summed E-state index contributed by atoms with van der Waals surface area (Å²) < 4.78 is 1.77. The zero-order valence-electron chi connectivity index (χ0n) is 10.9. The van der Waals surface area contributed by atoms with E-state index < -0.39 is 0 Å². The van der Waals surface area contributed by atoms with E-state index in [-0.39, 0.29) is 0 Å². The van der Waals surface area contributed by atoms with Crippen molar-refractivity contribution in [3.63, 3.8) is 0 Å². The summed E-state index contributed by atoms with van der Waals surface area (Å²) in [5.41, 5.74) is 3.46. The zero-order valence-corrected chi connectivity index (χ0v) is 11.7. The van der Waals surface area contributed by atoms with E-state index in [2.05, 4.69) is 46.3 Å². The third-order valence-corrected chi connectivity index (χ3v) is 4.07. The van der Waals surface area contributed by atoms with Gasteiger partial charge in [-0.3, -0.25) is 4.68 Å². The fourth-order valence-electron chi connectivity index (χ4n) is 1.89. The van der Waals surface area contributed by atoms with E-state index in [1.54, 1.807) is 22.8 Å². The lowest BCUT2D eigenvalue weighted by Gasteiger charge is -2.03. The highest BCUT2D eigenvalue weighted by molar-refractivity contribution is 7.98. The largest absolute Gasteiger partial charge is 0.250 e. The number of thioether (sulfide) groups is 1. The van der Waals surface area contributed by atoms with Crippen LogP contribution in [0.5, 0.6) is 0 Å². The van der Waals surface area contributed by atoms with Gasteiger partial charge in [-0.2, -0.15) is 5.10 Å². The summed E-state index contributed by atoms with van der Waals surface area (Å²) in [6.07, 6.45) is 3.42. The molecule has 0 aliphatic carbocycles. The van der Waals surface area contributed by atoms with Crippen LogP contribution < -0.4 is 0 Å². The van der Waals surface area contributed by atoms with Gasteiger partial charge in [0.1, 0.15) is 11.4 Å². The van der Waals surface area contributed by atoms with E-state index in [9.17, 15) is 0 Å². The van der Waals surface area contributed by atoms with Gasteiger partial charge in [-0.15, -0.1) is 11.8 Å². The van der Waals surface area contributed by atoms with E-state index in [1.807, 2.05) is 13.2 Å². The maximum absolute atomic E-state index is 4.35. The standard InChI is InChI=1S/C14H14N4S/c1-10-3-5-11(6-4-10)8-19-14-12-7-17-18(2)13(12)15-9-16-14/h3-7,9H,8H2,1-2H3. The number of rotatable bonds is 3. The third-order valence-electron chi connectivity index (χ3n) is 2.99. The Hall–Kier alpha value is -1.88. The van der Waals surface area contributed by atoms with Crippen molar-refractivity contribution in [3.8, 4) is 0 Å². The Morgan fingerprint density at radius 3 is 2.74 bits per heavy atom. The lowest BCUT2D eigenvalue weighted by Crippen LogP contribution is -1.93. The highest BCUT2D eigenvalue weighted by atomic mass is 32.2. The van der Waals surface area contributed by atoms with Gasteiger partial charge < -0.3 is 0 Å². The molecule has 0 bridgehead atoms. The SMILES string of the molecule is Cc1ccc(CSc2ncnc3c2cnn3C)cc1. The van der Waals surface area contributed by atoms with E-state index in [0.29, 0.717) is 0 Å². The maximum atomic E-state index is 4.35. The topological polar surface area (TPSA) is 43.6 Å². The molecule has 96 valence electrons. The summed E-state index contributed by atoms with van der Waals surface area (Å²) in [6, 6.07) is 8.58. The van der Waals surface area contributed by atoms with Crippen LogP contribution in [0.1, 0.15) is 11.1 Å². The molecule has 2 heterocycles. The monoisotopic (exact) mass is 270 g/mol. The fraction of sp³-hybridized carbons (Fsp3) is 0.214. The molecule has 0 N–H and O–H groups in total. The highest BCUT2D eigenvalue weighted by Crippen LogP contribution is 2.26. The number of hydrogen-bond acceptors (Lipinski definition) is 4. The quantitative estimate of drug-likeness (QED) is 0.542. The second-order valence-electron chi connectivity index (χ2n) is 4.46. The molecule has 0 amide bonds. The summed E-state index contributed by atoms with van der Waals surface area (Å²) >= 11 is 1.72. The lowest BCUT2D eigenvalue weighted by atomic mass is 10.2. The van der Waals surface area contributed by atoms with Crippen molar-refractivity contribution in [2.45, 2.75) is 17.7 Å². The Balaban J connectivity index is 1.83. The van der Waals surface area contributed by atoms with Gasteiger partial charge >= 0.3 is 0 Å². The molecule has 5 heteroatoms. The van der Waals surface area contributed by atoms with Gasteiger partial charge in [0, 0.05) is 12.8 Å². The molecular formula is C14H14N4S. The van der Waals surface area contributed by atoms with Crippen LogP contribution in [0.2, 0.25) is 0 Å². The van der Waals surface area contributed by atoms with Gasteiger partial charge in [-0.05, 0) is 12.5 Å². The minimum absolute atomic E-state index is 0.876. The number of aryl methyl sites for hydroxylation is 2. The molecule has 0 saturated carbocycles. The molecule has 0 unspecified atom stereocenters. The Morgan fingerprint density at radius 2 is 1.95 bits per heavy atom. The first-order valence-corrected chi connectivity index (χ1v) is 7.03. The number of fused-ring (bicyclic) bond motifs is 1. The molecule has 0 saturated heterocycles. The van der Waals surface area contributed by atoms with Crippen LogP contribution in [-0.2, 0) is 12.8 Å². The summed E-state index contributed by atoms with van der Waals surface area (Å²) in [5.74, 6) is 0.904. The third kappa shape index (κ3) is 2.46. The predicted octanol–water partition coefficient (Wildman–Crippen LogP) is 2.96. The first kappa shape index (κ1) is 12.2. The van der Waals surface area contributed by atoms with E-state index in [1.165, 1.54) is 11.1 Å². The molecule has 3 aromatic rings. The zero-order chi connectivity index (χ0) is 13.2. The van der Waals surface area contributed by atoms with Crippen LogP contribution in [0.25, 0.3) is 11.0 Å². The number of hydrogen-bond donors (Lipinski definition) is 0. The smallest absolute Gasteiger partial charge is 0.162 e. The van der Waals surface area contributed by atoms with Crippen molar-refractivity contribution in [2.24, 2.45) is 7.05 Å². The van der Waals surface area contributed by atoms with Gasteiger partial charge in [0.05, 0.1) is 11.6 Å². The first-order chi connectivity index (χ1) is 9.24. The second kappa shape index (κ2) is 5.01. The molecule has 1 aromatic carbocycles. The van der Waals surface area contributed by atoms with E-state index >= 15 is 0 Å². The molecule has 19 heavy (non-hydrogen) atoms. The maximum Gasteiger partial charge on any atom is 0.162 e. The molecule has 4 nitrogen and oxygen atoms in total. The first-order valence-electron chi connectivity index (χ1n) is 6.05. The number of benzene rings is 1. The van der Waals surface area contributed by atoms with Crippen molar-refractivity contribution < 1.29 is 0 Å². The minimum Gasteiger partial charge on any atom is -0.250 e. The van der Waals surface area contributed by atoms with Crippen molar-refractivity contribution >= 4 is 22.8 Å². The molecule has 0 radical (unpaired) electrons. The normalized spacial score (nSPS) is 11.1. The van der Waals surface area contributed by atoms with Gasteiger partial charge in [0.25, 0.3) is 0 Å². The van der Waals surface area contributed by atoms with Gasteiger partial charge in [0.15, 0.2) is 5.65 Å². The molecule has 0 atom stereocenters. The van der Waals surface area contributed by atoms with Gasteiger partial charge in [-0.1, -0.05) is 29.8 Å². The van der Waals surface area contributed by atoms with Crippen LogP contribution in [0.15, 0.2) is 41.8 Å². The lowest BCUT2D eigenvalue weighted by molar-refractivity contribution is 0.784. The van der Waals surface area contributed by atoms with Crippen molar-refractivity contribution in [2.75, 3.05) is 0 Å². The number of aromatic nitrogens is 4. The van der Waals surface area contributed by atoms with Gasteiger partial charge in [-0.25, -0.2) is 9.97 Å². The van der Waals surface area contributed by atoms with Crippen LogP contribution in [0.3, 0.4) is 0 Å². The summed E-state index contributed by atoms with van der Waals surface area (Å²) in [4.78, 5) is 8.60. The second-order valence-corrected chi connectivity index (χ2v) is 5.42. The minimum atomic E-state index is 0.876. The van der Waals surface area contributed by atoms with Crippen LogP contribution in [-0.4, -0.2) is 19.7 Å². The molecular weight excluding hydrogens is 256 g/mol. The number of nitrogens with zero attached hydrogens (tertiary/aromatic N) is 4. The molecule has 0 fully saturated rings. The van der Waals surface area contributed by atoms with Crippen LogP contribution in [0, 0.1) is 6.92 Å². The van der Waals surface area contributed by atoms with Crippen molar-refractivity contribution in [1.82, 2.24) is 19.7 Å². The van der Waals surface area contributed by atoms with Crippen LogP contribution >= 0.6 is 11.8 Å². The Labute approximate surface area is 115 Å².